The zero-order chi connectivity index (χ0) is 22.9. The van der Waals surface area contributed by atoms with Crippen LogP contribution in [-0.2, 0) is 28.8 Å². The van der Waals surface area contributed by atoms with Gasteiger partial charge in [0.25, 0.3) is 0 Å². The maximum atomic E-state index is 13.3. The van der Waals surface area contributed by atoms with Crippen molar-refractivity contribution in [3.63, 3.8) is 0 Å². The van der Waals surface area contributed by atoms with Gasteiger partial charge in [-0.1, -0.05) is 50.3 Å². The predicted molar refractivity (Wildman–Crippen MR) is 116 cm³/mol. The molecule has 1 N–H and O–H groups in total. The number of ether oxygens (including phenoxy) is 4. The van der Waals surface area contributed by atoms with Gasteiger partial charge in [-0.2, -0.15) is 0 Å². The van der Waals surface area contributed by atoms with E-state index in [0.29, 0.717) is 6.61 Å². The van der Waals surface area contributed by atoms with E-state index in [2.05, 4.69) is 6.92 Å². The SMILES string of the molecule is CCCCCCCO[C@H]1O[C@H]([C@@](C)(O)S(=O)(=O)c2ccc(C)cc2)[C@@H]2OC(C)(C)O[C@H]12. The van der Waals surface area contributed by atoms with Gasteiger partial charge in [-0.15, -0.1) is 0 Å². The van der Waals surface area contributed by atoms with Crippen LogP contribution in [0, 0.1) is 6.92 Å². The minimum atomic E-state index is -4.13. The van der Waals surface area contributed by atoms with E-state index in [0.717, 1.165) is 24.8 Å². The topological polar surface area (TPSA) is 91.3 Å². The van der Waals surface area contributed by atoms with Crippen LogP contribution < -0.4 is 0 Å². The molecule has 5 atom stereocenters. The van der Waals surface area contributed by atoms with Crippen LogP contribution in [0.25, 0.3) is 0 Å². The molecule has 8 heteroatoms. The molecule has 2 aliphatic rings. The van der Waals surface area contributed by atoms with Crippen LogP contribution in [0.3, 0.4) is 0 Å². The lowest BCUT2D eigenvalue weighted by atomic mass is 10.1. The predicted octanol–water partition coefficient (Wildman–Crippen LogP) is 3.71. The number of fused-ring (bicyclic) bond motifs is 1. The number of unbranched alkanes of at least 4 members (excludes halogenated alkanes) is 4. The van der Waals surface area contributed by atoms with Gasteiger partial charge in [0.2, 0.25) is 9.84 Å². The highest BCUT2D eigenvalue weighted by Gasteiger charge is 2.63. The first kappa shape index (κ1) is 24.6. The molecule has 2 heterocycles. The molecular formula is C23H36O7S. The van der Waals surface area contributed by atoms with Gasteiger partial charge in [0.15, 0.2) is 17.0 Å². The van der Waals surface area contributed by atoms with Crippen molar-refractivity contribution in [1.82, 2.24) is 0 Å². The summed E-state index contributed by atoms with van der Waals surface area (Å²) in [6.07, 6.45) is 2.10. The molecular weight excluding hydrogens is 420 g/mol. The van der Waals surface area contributed by atoms with Crippen LogP contribution in [0.2, 0.25) is 0 Å². The lowest BCUT2D eigenvalue weighted by Gasteiger charge is -2.33. The first-order valence-electron chi connectivity index (χ1n) is 11.2. The Kier molecular flexibility index (Phi) is 7.50. The molecule has 3 rings (SSSR count). The molecule has 0 aromatic heterocycles. The summed E-state index contributed by atoms with van der Waals surface area (Å²) in [6, 6.07) is 6.38. The molecule has 0 aliphatic carbocycles. The molecule has 0 amide bonds. The molecule has 0 radical (unpaired) electrons. The maximum Gasteiger partial charge on any atom is 0.210 e. The van der Waals surface area contributed by atoms with Gasteiger partial charge in [-0.25, -0.2) is 8.42 Å². The van der Waals surface area contributed by atoms with Crippen molar-refractivity contribution in [2.24, 2.45) is 0 Å². The Morgan fingerprint density at radius 1 is 1.06 bits per heavy atom. The second kappa shape index (κ2) is 9.45. The van der Waals surface area contributed by atoms with Crippen LogP contribution in [0.15, 0.2) is 29.2 Å². The average molecular weight is 457 g/mol. The minimum absolute atomic E-state index is 0.0294. The Morgan fingerprint density at radius 3 is 2.32 bits per heavy atom. The largest absolute Gasteiger partial charge is 0.372 e. The zero-order valence-corrected chi connectivity index (χ0v) is 20.0. The van der Waals surface area contributed by atoms with Crippen molar-refractivity contribution in [3.8, 4) is 0 Å². The van der Waals surface area contributed by atoms with Gasteiger partial charge < -0.3 is 24.1 Å². The fourth-order valence-corrected chi connectivity index (χ4v) is 5.61. The van der Waals surface area contributed by atoms with Crippen molar-refractivity contribution < 1.29 is 32.5 Å². The summed E-state index contributed by atoms with van der Waals surface area (Å²) in [6.45, 7) is 9.28. The summed E-state index contributed by atoms with van der Waals surface area (Å²) in [7, 11) is -4.13. The van der Waals surface area contributed by atoms with Crippen LogP contribution in [0.5, 0.6) is 0 Å². The lowest BCUT2D eigenvalue weighted by molar-refractivity contribution is -0.245. The Morgan fingerprint density at radius 2 is 1.68 bits per heavy atom. The molecule has 31 heavy (non-hydrogen) atoms. The number of benzene rings is 1. The molecule has 2 saturated heterocycles. The van der Waals surface area contributed by atoms with Gasteiger partial charge in [0.05, 0.1) is 4.90 Å². The quantitative estimate of drug-likeness (QED) is 0.537. The molecule has 1 aromatic carbocycles. The summed E-state index contributed by atoms with van der Waals surface area (Å²) >= 11 is 0. The number of rotatable bonds is 10. The second-order valence-corrected chi connectivity index (χ2v) is 11.5. The zero-order valence-electron chi connectivity index (χ0n) is 19.2. The first-order valence-corrected chi connectivity index (χ1v) is 12.6. The van der Waals surface area contributed by atoms with E-state index in [1.807, 2.05) is 6.92 Å². The number of aliphatic hydroxyl groups is 1. The van der Waals surface area contributed by atoms with Gasteiger partial charge >= 0.3 is 0 Å². The van der Waals surface area contributed by atoms with E-state index in [9.17, 15) is 13.5 Å². The highest BCUT2D eigenvalue weighted by molar-refractivity contribution is 7.92. The normalized spacial score (nSPS) is 29.6. The lowest BCUT2D eigenvalue weighted by Crippen LogP contribution is -2.52. The van der Waals surface area contributed by atoms with E-state index < -0.39 is 45.2 Å². The minimum Gasteiger partial charge on any atom is -0.372 e. The molecule has 1 aromatic rings. The Hall–Kier alpha value is -1.03. The molecule has 0 unspecified atom stereocenters. The summed E-state index contributed by atoms with van der Waals surface area (Å²) in [5, 5.41) is 11.3. The Labute approximate surface area is 185 Å². The Bertz CT molecular complexity index is 832. The van der Waals surface area contributed by atoms with Crippen LogP contribution in [0.4, 0.5) is 0 Å². The molecule has 2 fully saturated rings. The summed E-state index contributed by atoms with van der Waals surface area (Å²) in [5.74, 6) is -0.927. The molecule has 0 bridgehead atoms. The number of aryl methyl sites for hydroxylation is 1. The summed E-state index contributed by atoms with van der Waals surface area (Å²) in [4.78, 5) is -2.20. The number of sulfone groups is 1. The molecule has 7 nitrogen and oxygen atoms in total. The van der Waals surface area contributed by atoms with E-state index in [1.165, 1.54) is 31.9 Å². The number of hydrogen-bond acceptors (Lipinski definition) is 7. The fourth-order valence-electron chi connectivity index (χ4n) is 4.14. The summed E-state index contributed by atoms with van der Waals surface area (Å²) < 4.78 is 50.4. The van der Waals surface area contributed by atoms with Crippen LogP contribution in [0.1, 0.15) is 65.4 Å². The van der Waals surface area contributed by atoms with E-state index >= 15 is 0 Å². The second-order valence-electron chi connectivity index (χ2n) is 9.15. The van der Waals surface area contributed by atoms with Gasteiger partial charge in [-0.05, 0) is 46.2 Å². The van der Waals surface area contributed by atoms with Crippen molar-refractivity contribution in [2.45, 2.75) is 107 Å². The molecule has 0 saturated carbocycles. The van der Waals surface area contributed by atoms with Crippen molar-refractivity contribution in [2.75, 3.05) is 6.61 Å². The highest BCUT2D eigenvalue weighted by Crippen LogP contribution is 2.44. The third kappa shape index (κ3) is 5.15. The smallest absolute Gasteiger partial charge is 0.210 e. The molecule has 176 valence electrons. The van der Waals surface area contributed by atoms with Crippen molar-refractivity contribution in [1.29, 1.82) is 0 Å². The maximum absolute atomic E-state index is 13.3. The van der Waals surface area contributed by atoms with Gasteiger partial charge in [-0.3, -0.25) is 0 Å². The van der Waals surface area contributed by atoms with Crippen LogP contribution >= 0.6 is 0 Å². The first-order chi connectivity index (χ1) is 14.5. The van der Waals surface area contributed by atoms with Crippen molar-refractivity contribution >= 4 is 9.84 Å². The fraction of sp³-hybridized carbons (Fsp3) is 0.739. The van der Waals surface area contributed by atoms with E-state index in [1.54, 1.807) is 26.0 Å². The molecule has 2 aliphatic heterocycles. The van der Waals surface area contributed by atoms with Gasteiger partial charge in [0.1, 0.15) is 18.3 Å². The highest BCUT2D eigenvalue weighted by atomic mass is 32.2. The standard InChI is InChI=1S/C23H36O7S/c1-6-7-8-9-10-15-27-21-19-18(29-22(3,4)30-19)20(28-21)23(5,24)31(25,26)17-13-11-16(2)12-14-17/h11-14,18-21,24H,6-10,15H2,1-5H3/t18-,19+,20+,21+,23+/m1/s1. The average Bonchev–Trinajstić information content (AvgIpc) is 3.18. The summed E-state index contributed by atoms with van der Waals surface area (Å²) in [5.41, 5.74) is 0.928. The Balaban J connectivity index is 1.77. The third-order valence-corrected chi connectivity index (χ3v) is 8.16. The monoisotopic (exact) mass is 456 g/mol. The number of hydrogen-bond donors (Lipinski definition) is 1. The van der Waals surface area contributed by atoms with Crippen LogP contribution in [-0.4, -0.2) is 55.5 Å². The van der Waals surface area contributed by atoms with Crippen molar-refractivity contribution in [3.05, 3.63) is 29.8 Å². The third-order valence-electron chi connectivity index (χ3n) is 5.94. The van der Waals surface area contributed by atoms with E-state index in [4.69, 9.17) is 18.9 Å². The van der Waals surface area contributed by atoms with Gasteiger partial charge in [0, 0.05) is 6.61 Å². The molecule has 0 spiro atoms. The van der Waals surface area contributed by atoms with E-state index in [-0.39, 0.29) is 4.90 Å².